The second kappa shape index (κ2) is 7.24. The summed E-state index contributed by atoms with van der Waals surface area (Å²) in [6, 6.07) is 13.3. The first-order valence-corrected chi connectivity index (χ1v) is 9.69. The average molecular weight is 388 g/mol. The predicted octanol–water partition coefficient (Wildman–Crippen LogP) is 4.59. The van der Waals surface area contributed by atoms with Gasteiger partial charge in [-0.1, -0.05) is 30.3 Å². The second-order valence-electron chi connectivity index (χ2n) is 7.76. The molecule has 2 aromatic carbocycles. The molecule has 1 amide bonds. The van der Waals surface area contributed by atoms with Crippen LogP contribution in [0.25, 0.3) is 0 Å². The van der Waals surface area contributed by atoms with Crippen molar-refractivity contribution in [3.8, 4) is 0 Å². The molecule has 28 heavy (non-hydrogen) atoms. The molecule has 6 heteroatoms. The Labute approximate surface area is 162 Å². The van der Waals surface area contributed by atoms with Crippen LogP contribution in [0.1, 0.15) is 58.6 Å². The SMILES string of the molecule is O=C(NC1(c2ccccc2)CCCNC1)c1ccc(C(F)(F)F)cc1C1CC1. The van der Waals surface area contributed by atoms with Gasteiger partial charge < -0.3 is 10.6 Å². The number of hydrogen-bond donors (Lipinski definition) is 2. The van der Waals surface area contributed by atoms with Crippen molar-refractivity contribution in [3.05, 3.63) is 70.8 Å². The number of carbonyl (C=O) groups excluding carboxylic acids is 1. The lowest BCUT2D eigenvalue weighted by Gasteiger charge is -2.39. The Morgan fingerprint density at radius 2 is 1.86 bits per heavy atom. The first kappa shape index (κ1) is 19.0. The zero-order chi connectivity index (χ0) is 19.8. The van der Waals surface area contributed by atoms with Gasteiger partial charge in [0.2, 0.25) is 0 Å². The fourth-order valence-electron chi connectivity index (χ4n) is 4.05. The highest BCUT2D eigenvalue weighted by atomic mass is 19.4. The standard InChI is InChI=1S/C22H23F3N2O/c23-22(24,25)17-9-10-18(19(13-17)15-7-8-15)20(28)27-21(11-4-12-26-14-21)16-5-2-1-3-6-16/h1-3,5-6,9-10,13,15,26H,4,7-8,11-12,14H2,(H,27,28). The van der Waals surface area contributed by atoms with Gasteiger partial charge in [0.15, 0.2) is 0 Å². The predicted molar refractivity (Wildman–Crippen MR) is 101 cm³/mol. The van der Waals surface area contributed by atoms with E-state index in [4.69, 9.17) is 0 Å². The van der Waals surface area contributed by atoms with E-state index in [1.807, 2.05) is 30.3 Å². The highest BCUT2D eigenvalue weighted by Gasteiger charge is 2.38. The van der Waals surface area contributed by atoms with Crippen LogP contribution in [0.3, 0.4) is 0 Å². The summed E-state index contributed by atoms with van der Waals surface area (Å²) in [5.41, 5.74) is 0.634. The number of carbonyl (C=O) groups is 1. The summed E-state index contributed by atoms with van der Waals surface area (Å²) < 4.78 is 39.4. The van der Waals surface area contributed by atoms with Gasteiger partial charge in [0.25, 0.3) is 5.91 Å². The second-order valence-corrected chi connectivity index (χ2v) is 7.76. The smallest absolute Gasteiger partial charge is 0.341 e. The molecule has 1 atom stereocenters. The molecule has 0 spiro atoms. The first-order chi connectivity index (χ1) is 13.4. The van der Waals surface area contributed by atoms with Crippen molar-refractivity contribution in [2.24, 2.45) is 0 Å². The van der Waals surface area contributed by atoms with Gasteiger partial charge in [-0.15, -0.1) is 0 Å². The van der Waals surface area contributed by atoms with Gasteiger partial charge in [-0.3, -0.25) is 4.79 Å². The molecule has 2 fully saturated rings. The van der Waals surface area contributed by atoms with Crippen LogP contribution in [-0.2, 0) is 11.7 Å². The molecule has 1 aliphatic carbocycles. The van der Waals surface area contributed by atoms with Crippen LogP contribution in [-0.4, -0.2) is 19.0 Å². The number of alkyl halides is 3. The Morgan fingerprint density at radius 1 is 1.11 bits per heavy atom. The van der Waals surface area contributed by atoms with Crippen LogP contribution >= 0.6 is 0 Å². The van der Waals surface area contributed by atoms with Gasteiger partial charge in [0.05, 0.1) is 11.1 Å². The van der Waals surface area contributed by atoms with Crippen LogP contribution in [0.15, 0.2) is 48.5 Å². The Balaban J connectivity index is 1.67. The van der Waals surface area contributed by atoms with Gasteiger partial charge in [-0.05, 0) is 67.5 Å². The van der Waals surface area contributed by atoms with Gasteiger partial charge in [0, 0.05) is 12.1 Å². The van der Waals surface area contributed by atoms with Crippen molar-refractivity contribution in [1.29, 1.82) is 0 Å². The maximum Gasteiger partial charge on any atom is 0.416 e. The monoisotopic (exact) mass is 388 g/mol. The molecule has 148 valence electrons. The molecule has 2 aromatic rings. The summed E-state index contributed by atoms with van der Waals surface area (Å²) in [5.74, 6) is -0.261. The minimum Gasteiger partial charge on any atom is -0.341 e. The molecule has 0 aromatic heterocycles. The largest absolute Gasteiger partial charge is 0.416 e. The van der Waals surface area contributed by atoms with Crippen LogP contribution in [0, 0.1) is 0 Å². The highest BCUT2D eigenvalue weighted by Crippen LogP contribution is 2.44. The number of hydrogen-bond acceptors (Lipinski definition) is 2. The minimum absolute atomic E-state index is 0.0419. The third-order valence-electron chi connectivity index (χ3n) is 5.70. The summed E-state index contributed by atoms with van der Waals surface area (Å²) in [5, 5.41) is 6.51. The van der Waals surface area contributed by atoms with Gasteiger partial charge in [-0.25, -0.2) is 0 Å². The van der Waals surface area contributed by atoms with E-state index in [9.17, 15) is 18.0 Å². The Bertz CT molecular complexity index is 854. The van der Waals surface area contributed by atoms with Crippen LogP contribution in [0.4, 0.5) is 13.2 Å². The number of amides is 1. The lowest BCUT2D eigenvalue weighted by atomic mass is 9.82. The molecule has 1 unspecified atom stereocenters. The van der Waals surface area contributed by atoms with Crippen molar-refractivity contribution in [2.45, 2.75) is 43.3 Å². The van der Waals surface area contributed by atoms with E-state index < -0.39 is 17.3 Å². The van der Waals surface area contributed by atoms with Crippen LogP contribution in [0.5, 0.6) is 0 Å². The number of nitrogens with one attached hydrogen (secondary N) is 2. The molecule has 1 saturated heterocycles. The molecule has 0 bridgehead atoms. The summed E-state index contributed by atoms with van der Waals surface area (Å²) >= 11 is 0. The summed E-state index contributed by atoms with van der Waals surface area (Å²) in [7, 11) is 0. The van der Waals surface area contributed by atoms with Gasteiger partial charge in [-0.2, -0.15) is 13.2 Å². The molecule has 3 nitrogen and oxygen atoms in total. The van der Waals surface area contributed by atoms with E-state index in [0.717, 1.165) is 49.9 Å². The molecular weight excluding hydrogens is 365 g/mol. The van der Waals surface area contributed by atoms with Crippen molar-refractivity contribution in [3.63, 3.8) is 0 Å². The zero-order valence-electron chi connectivity index (χ0n) is 15.5. The van der Waals surface area contributed by atoms with Crippen LogP contribution in [0.2, 0.25) is 0 Å². The van der Waals surface area contributed by atoms with E-state index in [-0.39, 0.29) is 11.8 Å². The van der Waals surface area contributed by atoms with Gasteiger partial charge >= 0.3 is 6.18 Å². The third-order valence-corrected chi connectivity index (χ3v) is 5.70. The first-order valence-electron chi connectivity index (χ1n) is 9.69. The van der Waals surface area contributed by atoms with E-state index in [1.54, 1.807) is 0 Å². The maximum atomic E-state index is 13.2. The number of benzene rings is 2. The third kappa shape index (κ3) is 3.78. The maximum absolute atomic E-state index is 13.2. The number of halogens is 3. The normalized spacial score (nSPS) is 22.7. The Morgan fingerprint density at radius 3 is 2.46 bits per heavy atom. The Kier molecular flexibility index (Phi) is 4.91. The van der Waals surface area contributed by atoms with Crippen molar-refractivity contribution in [1.82, 2.24) is 10.6 Å². The number of rotatable bonds is 4. The van der Waals surface area contributed by atoms with E-state index in [2.05, 4.69) is 10.6 Å². The van der Waals surface area contributed by atoms with E-state index in [0.29, 0.717) is 17.7 Å². The number of piperidine rings is 1. The van der Waals surface area contributed by atoms with E-state index >= 15 is 0 Å². The Hall–Kier alpha value is -2.34. The lowest BCUT2D eigenvalue weighted by molar-refractivity contribution is -0.137. The molecule has 0 radical (unpaired) electrons. The fraction of sp³-hybridized carbons (Fsp3) is 0.409. The molecular formula is C22H23F3N2O. The minimum atomic E-state index is -4.41. The molecule has 2 aliphatic rings. The van der Waals surface area contributed by atoms with Gasteiger partial charge in [0.1, 0.15) is 0 Å². The quantitative estimate of drug-likeness (QED) is 0.804. The lowest BCUT2D eigenvalue weighted by Crippen LogP contribution is -2.55. The summed E-state index contributed by atoms with van der Waals surface area (Å²) in [6.07, 6.45) is -1.05. The van der Waals surface area contributed by atoms with E-state index in [1.165, 1.54) is 6.07 Å². The van der Waals surface area contributed by atoms with Crippen molar-refractivity contribution in [2.75, 3.05) is 13.1 Å². The molecule has 4 rings (SSSR count). The topological polar surface area (TPSA) is 41.1 Å². The average Bonchev–Trinajstić information content (AvgIpc) is 3.53. The summed E-state index contributed by atoms with van der Waals surface area (Å²) in [4.78, 5) is 13.2. The molecule has 1 saturated carbocycles. The fourth-order valence-corrected chi connectivity index (χ4v) is 4.05. The highest BCUT2D eigenvalue weighted by molar-refractivity contribution is 5.96. The molecule has 1 aliphatic heterocycles. The molecule has 2 N–H and O–H groups in total. The zero-order valence-corrected chi connectivity index (χ0v) is 15.5. The van der Waals surface area contributed by atoms with Crippen molar-refractivity contribution >= 4 is 5.91 Å². The van der Waals surface area contributed by atoms with Crippen LogP contribution < -0.4 is 10.6 Å². The molecule has 1 heterocycles. The summed E-state index contributed by atoms with van der Waals surface area (Å²) in [6.45, 7) is 1.49. The van der Waals surface area contributed by atoms with Crippen molar-refractivity contribution < 1.29 is 18.0 Å².